The molecule has 4 rings (SSSR count). The fourth-order valence-electron chi connectivity index (χ4n) is 4.40. The average Bonchev–Trinajstić information content (AvgIpc) is 3.19. The SMILES string of the molecule is CCOc1cc(/C(O)=C2\C(=O)C(=O)N(c3ccc(OC)c(OC)c3)C2c2ccc(CC)cc2)ccc1Cl. The Hall–Kier alpha value is -3.97. The van der Waals surface area contributed by atoms with Gasteiger partial charge in [0.15, 0.2) is 11.5 Å². The predicted molar refractivity (Wildman–Crippen MR) is 143 cm³/mol. The second kappa shape index (κ2) is 11.0. The lowest BCUT2D eigenvalue weighted by Crippen LogP contribution is -2.29. The third-order valence-electron chi connectivity index (χ3n) is 6.30. The van der Waals surface area contributed by atoms with Gasteiger partial charge >= 0.3 is 0 Å². The molecule has 0 aromatic heterocycles. The second-order valence-corrected chi connectivity index (χ2v) is 8.79. The van der Waals surface area contributed by atoms with Gasteiger partial charge in [-0.15, -0.1) is 0 Å². The maximum Gasteiger partial charge on any atom is 0.300 e. The number of methoxy groups -OCH3 is 2. The van der Waals surface area contributed by atoms with Crippen molar-refractivity contribution in [3.8, 4) is 17.2 Å². The van der Waals surface area contributed by atoms with Crippen LogP contribution in [0.2, 0.25) is 5.02 Å². The summed E-state index contributed by atoms with van der Waals surface area (Å²) in [7, 11) is 3.01. The topological polar surface area (TPSA) is 85.3 Å². The number of carbonyl (C=O) groups is 2. The van der Waals surface area contributed by atoms with E-state index in [0.29, 0.717) is 45.7 Å². The largest absolute Gasteiger partial charge is 0.507 e. The van der Waals surface area contributed by atoms with Crippen molar-refractivity contribution >= 4 is 34.7 Å². The Balaban J connectivity index is 1.93. The molecule has 0 radical (unpaired) electrons. The first-order chi connectivity index (χ1) is 17.8. The van der Waals surface area contributed by atoms with Crippen molar-refractivity contribution in [3.05, 3.63) is 87.9 Å². The molecular formula is C29H28ClNO6. The van der Waals surface area contributed by atoms with Gasteiger partial charge < -0.3 is 19.3 Å². The molecule has 1 aliphatic heterocycles. The van der Waals surface area contributed by atoms with Crippen LogP contribution >= 0.6 is 11.6 Å². The van der Waals surface area contributed by atoms with Crippen LogP contribution in [0.4, 0.5) is 5.69 Å². The highest BCUT2D eigenvalue weighted by Gasteiger charge is 2.47. The molecule has 192 valence electrons. The molecule has 0 bridgehead atoms. The zero-order valence-corrected chi connectivity index (χ0v) is 21.8. The highest BCUT2D eigenvalue weighted by Crippen LogP contribution is 2.44. The molecule has 0 aliphatic carbocycles. The van der Waals surface area contributed by atoms with E-state index in [1.165, 1.54) is 19.1 Å². The molecule has 1 heterocycles. The fraction of sp³-hybridized carbons (Fsp3) is 0.241. The Bertz CT molecular complexity index is 1370. The number of nitrogens with zero attached hydrogens (tertiary/aromatic N) is 1. The average molecular weight is 522 g/mol. The van der Waals surface area contributed by atoms with E-state index in [1.807, 2.05) is 38.1 Å². The summed E-state index contributed by atoms with van der Waals surface area (Å²) >= 11 is 6.23. The summed E-state index contributed by atoms with van der Waals surface area (Å²) in [6.45, 7) is 4.23. The molecule has 1 amide bonds. The van der Waals surface area contributed by atoms with Crippen LogP contribution in [0.3, 0.4) is 0 Å². The van der Waals surface area contributed by atoms with E-state index < -0.39 is 17.7 Å². The Kier molecular flexibility index (Phi) is 7.74. The molecule has 1 aliphatic rings. The summed E-state index contributed by atoms with van der Waals surface area (Å²) in [5.41, 5.74) is 2.48. The third-order valence-corrected chi connectivity index (χ3v) is 6.61. The van der Waals surface area contributed by atoms with Gasteiger partial charge in [-0.3, -0.25) is 14.5 Å². The van der Waals surface area contributed by atoms with Crippen molar-refractivity contribution in [2.24, 2.45) is 0 Å². The molecule has 1 unspecified atom stereocenters. The normalized spacial score (nSPS) is 16.7. The van der Waals surface area contributed by atoms with E-state index >= 15 is 0 Å². The van der Waals surface area contributed by atoms with Gasteiger partial charge in [-0.2, -0.15) is 0 Å². The minimum atomic E-state index is -0.879. The molecule has 37 heavy (non-hydrogen) atoms. The summed E-state index contributed by atoms with van der Waals surface area (Å²) in [6.07, 6.45) is 0.834. The number of aliphatic hydroxyl groups is 1. The van der Waals surface area contributed by atoms with Gasteiger partial charge in [0.1, 0.15) is 11.5 Å². The highest BCUT2D eigenvalue weighted by molar-refractivity contribution is 6.51. The van der Waals surface area contributed by atoms with Crippen LogP contribution in [-0.4, -0.2) is 37.6 Å². The molecule has 3 aromatic rings. The lowest BCUT2D eigenvalue weighted by molar-refractivity contribution is -0.132. The minimum Gasteiger partial charge on any atom is -0.507 e. The zero-order valence-electron chi connectivity index (χ0n) is 21.1. The number of carbonyl (C=O) groups excluding carboxylic acids is 2. The van der Waals surface area contributed by atoms with Gasteiger partial charge in [0.2, 0.25) is 0 Å². The first-order valence-corrected chi connectivity index (χ1v) is 12.3. The van der Waals surface area contributed by atoms with E-state index in [9.17, 15) is 14.7 Å². The van der Waals surface area contributed by atoms with Gasteiger partial charge in [-0.25, -0.2) is 0 Å². The van der Waals surface area contributed by atoms with Crippen LogP contribution in [0.25, 0.3) is 5.76 Å². The number of amides is 1. The molecule has 7 nitrogen and oxygen atoms in total. The number of ketones is 1. The van der Waals surface area contributed by atoms with E-state index in [-0.39, 0.29) is 11.3 Å². The van der Waals surface area contributed by atoms with Gasteiger partial charge in [0.05, 0.1) is 37.5 Å². The number of anilines is 1. The summed E-state index contributed by atoms with van der Waals surface area (Å²) in [5, 5.41) is 11.8. The van der Waals surface area contributed by atoms with Crippen molar-refractivity contribution < 1.29 is 28.9 Å². The van der Waals surface area contributed by atoms with Crippen molar-refractivity contribution in [2.45, 2.75) is 26.3 Å². The molecule has 0 saturated carbocycles. The van der Waals surface area contributed by atoms with E-state index in [0.717, 1.165) is 12.0 Å². The quantitative estimate of drug-likeness (QED) is 0.224. The van der Waals surface area contributed by atoms with Crippen LogP contribution in [0.1, 0.15) is 36.6 Å². The molecule has 1 N–H and O–H groups in total. The minimum absolute atomic E-state index is 0.0335. The number of aryl methyl sites for hydroxylation is 1. The molecule has 1 fully saturated rings. The summed E-state index contributed by atoms with van der Waals surface area (Å²) in [4.78, 5) is 28.3. The van der Waals surface area contributed by atoms with Crippen molar-refractivity contribution in [3.63, 3.8) is 0 Å². The van der Waals surface area contributed by atoms with Gasteiger partial charge in [0, 0.05) is 17.3 Å². The Morgan fingerprint density at radius 1 is 0.919 bits per heavy atom. The highest BCUT2D eigenvalue weighted by atomic mass is 35.5. The number of Topliss-reactive ketones (excluding diaryl/α,β-unsaturated/α-hetero) is 1. The third kappa shape index (κ3) is 4.87. The molecular weight excluding hydrogens is 494 g/mol. The Labute approximate surface area is 220 Å². The summed E-state index contributed by atoms with van der Waals surface area (Å²) in [5.74, 6) is -0.630. The van der Waals surface area contributed by atoms with Crippen LogP contribution in [-0.2, 0) is 16.0 Å². The summed E-state index contributed by atoms with van der Waals surface area (Å²) in [6, 6.07) is 16.4. The number of hydrogen-bond acceptors (Lipinski definition) is 6. The first-order valence-electron chi connectivity index (χ1n) is 11.9. The molecule has 8 heteroatoms. The van der Waals surface area contributed by atoms with Crippen LogP contribution in [0.15, 0.2) is 66.2 Å². The van der Waals surface area contributed by atoms with E-state index in [2.05, 4.69) is 0 Å². The number of rotatable bonds is 8. The van der Waals surface area contributed by atoms with Gasteiger partial charge in [-0.1, -0.05) is 42.8 Å². The first kappa shape index (κ1) is 26.1. The molecule has 1 atom stereocenters. The maximum absolute atomic E-state index is 13.4. The van der Waals surface area contributed by atoms with Crippen molar-refractivity contribution in [1.82, 2.24) is 0 Å². The monoisotopic (exact) mass is 521 g/mol. The summed E-state index contributed by atoms with van der Waals surface area (Å²) < 4.78 is 16.3. The maximum atomic E-state index is 13.4. The number of benzene rings is 3. The lowest BCUT2D eigenvalue weighted by Gasteiger charge is -2.26. The predicted octanol–water partition coefficient (Wildman–Crippen LogP) is 5.94. The van der Waals surface area contributed by atoms with Gasteiger partial charge in [0.25, 0.3) is 11.7 Å². The van der Waals surface area contributed by atoms with Crippen molar-refractivity contribution in [1.29, 1.82) is 0 Å². The smallest absolute Gasteiger partial charge is 0.300 e. The second-order valence-electron chi connectivity index (χ2n) is 8.38. The van der Waals surface area contributed by atoms with Crippen molar-refractivity contribution in [2.75, 3.05) is 25.7 Å². The number of aliphatic hydroxyl groups excluding tert-OH is 1. The number of halogens is 1. The molecule has 3 aromatic carbocycles. The van der Waals surface area contributed by atoms with E-state index in [1.54, 1.807) is 36.4 Å². The zero-order chi connectivity index (χ0) is 26.7. The van der Waals surface area contributed by atoms with Crippen LogP contribution in [0, 0.1) is 0 Å². The fourth-order valence-corrected chi connectivity index (χ4v) is 4.57. The van der Waals surface area contributed by atoms with Crippen LogP contribution in [0.5, 0.6) is 17.2 Å². The van der Waals surface area contributed by atoms with Gasteiger partial charge in [-0.05, 0) is 54.8 Å². The Morgan fingerprint density at radius 3 is 2.24 bits per heavy atom. The molecule has 0 spiro atoms. The number of ether oxygens (including phenoxy) is 3. The molecule has 1 saturated heterocycles. The number of hydrogen-bond donors (Lipinski definition) is 1. The standard InChI is InChI=1S/C29H28ClNO6/c1-5-17-7-9-18(10-8-17)26-25(27(32)19-11-13-21(30)23(15-19)37-6-2)28(33)29(34)31(26)20-12-14-22(35-3)24(16-20)36-4/h7-16,26,32H,5-6H2,1-4H3/b27-25+. The lowest BCUT2D eigenvalue weighted by atomic mass is 9.94. The van der Waals surface area contributed by atoms with Crippen LogP contribution < -0.4 is 19.1 Å². The Morgan fingerprint density at radius 2 is 1.62 bits per heavy atom. The van der Waals surface area contributed by atoms with E-state index in [4.69, 9.17) is 25.8 Å².